The molecule has 2 amide bonds. The summed E-state index contributed by atoms with van der Waals surface area (Å²) in [6.07, 6.45) is 3.02. The molecule has 0 radical (unpaired) electrons. The number of aromatic nitrogens is 2. The number of imidazole rings is 1. The fraction of sp³-hybridized carbons (Fsp3) is 0.292. The van der Waals surface area contributed by atoms with Gasteiger partial charge in [-0.3, -0.25) is 14.5 Å². The number of hydrogen-bond donors (Lipinski definition) is 1. The van der Waals surface area contributed by atoms with Crippen LogP contribution in [-0.2, 0) is 11.2 Å². The SMILES string of the molecule is Cc1[nH]c(S[C@@H]2CCCCN(C(=O)c3ccc(F)cc3)C2=O)nc1Cc1ccccc1. The summed E-state index contributed by atoms with van der Waals surface area (Å²) in [6.45, 7) is 2.36. The van der Waals surface area contributed by atoms with Crippen molar-refractivity contribution in [3.8, 4) is 0 Å². The lowest BCUT2D eigenvalue weighted by molar-refractivity contribution is -0.127. The number of nitrogens with one attached hydrogen (secondary N) is 1. The number of nitrogens with zero attached hydrogens (tertiary/aromatic N) is 2. The predicted molar refractivity (Wildman–Crippen MR) is 119 cm³/mol. The van der Waals surface area contributed by atoms with Crippen LogP contribution in [0.5, 0.6) is 0 Å². The molecule has 2 heterocycles. The number of likely N-dealkylation sites (tertiary alicyclic amines) is 1. The Balaban J connectivity index is 1.49. The number of thioether (sulfide) groups is 1. The van der Waals surface area contributed by atoms with E-state index in [1.54, 1.807) is 0 Å². The fourth-order valence-electron chi connectivity index (χ4n) is 3.69. The Morgan fingerprint density at radius 1 is 1.16 bits per heavy atom. The lowest BCUT2D eigenvalue weighted by Crippen LogP contribution is -2.41. The number of carbonyl (C=O) groups excluding carboxylic acids is 2. The smallest absolute Gasteiger partial charge is 0.260 e. The number of benzene rings is 2. The number of H-pyrrole nitrogens is 1. The van der Waals surface area contributed by atoms with Crippen molar-refractivity contribution in [2.24, 2.45) is 0 Å². The average Bonchev–Trinajstić information content (AvgIpc) is 3.00. The summed E-state index contributed by atoms with van der Waals surface area (Å²) in [5.74, 6) is -1.000. The molecule has 1 fully saturated rings. The van der Waals surface area contributed by atoms with Crippen molar-refractivity contribution in [3.05, 3.63) is 82.9 Å². The molecule has 2 aromatic carbocycles. The largest absolute Gasteiger partial charge is 0.337 e. The van der Waals surface area contributed by atoms with Gasteiger partial charge in [0.05, 0.1) is 10.9 Å². The minimum absolute atomic E-state index is 0.213. The number of carbonyl (C=O) groups is 2. The monoisotopic (exact) mass is 437 g/mol. The lowest BCUT2D eigenvalue weighted by Gasteiger charge is -2.22. The van der Waals surface area contributed by atoms with Crippen molar-refractivity contribution in [3.63, 3.8) is 0 Å². The van der Waals surface area contributed by atoms with E-state index in [2.05, 4.69) is 17.1 Å². The molecule has 31 heavy (non-hydrogen) atoms. The van der Waals surface area contributed by atoms with E-state index < -0.39 is 5.82 Å². The van der Waals surface area contributed by atoms with Crippen molar-refractivity contribution in [1.82, 2.24) is 14.9 Å². The molecule has 7 heteroatoms. The maximum Gasteiger partial charge on any atom is 0.260 e. The van der Waals surface area contributed by atoms with Crippen LogP contribution >= 0.6 is 11.8 Å². The van der Waals surface area contributed by atoms with E-state index in [1.165, 1.54) is 46.5 Å². The second-order valence-electron chi connectivity index (χ2n) is 7.68. The van der Waals surface area contributed by atoms with Crippen LogP contribution in [0.3, 0.4) is 0 Å². The third-order valence-electron chi connectivity index (χ3n) is 5.41. The first-order valence-electron chi connectivity index (χ1n) is 10.4. The molecule has 1 aliphatic heterocycles. The van der Waals surface area contributed by atoms with Crippen LogP contribution in [0.15, 0.2) is 59.8 Å². The Labute approximate surface area is 185 Å². The molecule has 1 aromatic heterocycles. The highest BCUT2D eigenvalue weighted by molar-refractivity contribution is 8.00. The molecule has 0 aliphatic carbocycles. The molecule has 160 valence electrons. The number of halogens is 1. The highest BCUT2D eigenvalue weighted by Crippen LogP contribution is 2.30. The molecule has 0 bridgehead atoms. The Hall–Kier alpha value is -2.93. The number of aryl methyl sites for hydroxylation is 1. The zero-order valence-electron chi connectivity index (χ0n) is 17.3. The summed E-state index contributed by atoms with van der Waals surface area (Å²) in [5.41, 5.74) is 3.43. The van der Waals surface area contributed by atoms with E-state index in [9.17, 15) is 14.0 Å². The molecule has 4 rings (SSSR count). The van der Waals surface area contributed by atoms with Gasteiger partial charge in [-0.15, -0.1) is 0 Å². The molecular formula is C24H24FN3O2S. The van der Waals surface area contributed by atoms with Crippen molar-refractivity contribution in [2.75, 3.05) is 6.54 Å². The Morgan fingerprint density at radius 3 is 2.65 bits per heavy atom. The zero-order valence-corrected chi connectivity index (χ0v) is 18.1. The second-order valence-corrected chi connectivity index (χ2v) is 8.87. The van der Waals surface area contributed by atoms with Crippen LogP contribution in [0.25, 0.3) is 0 Å². The molecule has 1 N–H and O–H groups in total. The van der Waals surface area contributed by atoms with E-state index in [1.807, 2.05) is 25.1 Å². The molecule has 0 saturated carbocycles. The van der Waals surface area contributed by atoms with Crippen molar-refractivity contribution in [2.45, 2.75) is 43.0 Å². The number of rotatable bonds is 5. The van der Waals surface area contributed by atoms with Gasteiger partial charge in [0.25, 0.3) is 5.91 Å². The van der Waals surface area contributed by atoms with Crippen LogP contribution in [0.4, 0.5) is 4.39 Å². The third-order valence-corrected chi connectivity index (χ3v) is 6.55. The minimum atomic E-state index is -0.410. The summed E-state index contributed by atoms with van der Waals surface area (Å²) in [6, 6.07) is 15.4. The Morgan fingerprint density at radius 2 is 1.90 bits per heavy atom. The number of amides is 2. The third kappa shape index (κ3) is 5.05. The summed E-state index contributed by atoms with van der Waals surface area (Å²) < 4.78 is 13.2. The Bertz CT molecular complexity index is 1070. The molecule has 1 saturated heterocycles. The van der Waals surface area contributed by atoms with Gasteiger partial charge in [-0.25, -0.2) is 9.37 Å². The van der Waals surface area contributed by atoms with E-state index >= 15 is 0 Å². The molecule has 5 nitrogen and oxygen atoms in total. The van der Waals surface area contributed by atoms with Gasteiger partial charge in [-0.05, 0) is 49.6 Å². The predicted octanol–water partition coefficient (Wildman–Crippen LogP) is 4.76. The summed E-state index contributed by atoms with van der Waals surface area (Å²) in [5, 5.41) is 0.305. The van der Waals surface area contributed by atoms with Gasteiger partial charge >= 0.3 is 0 Å². The quantitative estimate of drug-likeness (QED) is 0.585. The van der Waals surface area contributed by atoms with Gasteiger partial charge in [0.15, 0.2) is 5.16 Å². The van der Waals surface area contributed by atoms with Gasteiger partial charge in [0, 0.05) is 24.2 Å². The summed E-state index contributed by atoms with van der Waals surface area (Å²) in [7, 11) is 0. The molecule has 0 unspecified atom stereocenters. The lowest BCUT2D eigenvalue weighted by atomic mass is 10.1. The van der Waals surface area contributed by atoms with Crippen LogP contribution in [0, 0.1) is 12.7 Å². The van der Waals surface area contributed by atoms with Gasteiger partial charge < -0.3 is 4.98 Å². The topological polar surface area (TPSA) is 66.1 Å². The van der Waals surface area contributed by atoms with Crippen LogP contribution in [0.2, 0.25) is 0 Å². The van der Waals surface area contributed by atoms with Crippen LogP contribution in [0.1, 0.15) is 46.6 Å². The second kappa shape index (κ2) is 9.47. The highest BCUT2D eigenvalue weighted by Gasteiger charge is 2.33. The minimum Gasteiger partial charge on any atom is -0.337 e. The zero-order chi connectivity index (χ0) is 21.8. The fourth-order valence-corrected chi connectivity index (χ4v) is 4.84. The molecule has 1 atom stereocenters. The van der Waals surface area contributed by atoms with Crippen molar-refractivity contribution < 1.29 is 14.0 Å². The van der Waals surface area contributed by atoms with Gasteiger partial charge in [0.1, 0.15) is 5.82 Å². The van der Waals surface area contributed by atoms with Crippen LogP contribution in [-0.4, -0.2) is 38.5 Å². The van der Waals surface area contributed by atoms with Gasteiger partial charge in [-0.2, -0.15) is 0 Å². The first-order chi connectivity index (χ1) is 15.0. The summed E-state index contributed by atoms with van der Waals surface area (Å²) >= 11 is 1.38. The highest BCUT2D eigenvalue weighted by atomic mass is 32.2. The summed E-state index contributed by atoms with van der Waals surface area (Å²) in [4.78, 5) is 35.4. The first-order valence-corrected chi connectivity index (χ1v) is 11.3. The normalized spacial score (nSPS) is 16.9. The van der Waals surface area contributed by atoms with Crippen LogP contribution < -0.4 is 0 Å². The van der Waals surface area contributed by atoms with E-state index in [4.69, 9.17) is 4.98 Å². The Kier molecular flexibility index (Phi) is 6.51. The van der Waals surface area contributed by atoms with E-state index in [0.29, 0.717) is 23.7 Å². The number of hydrogen-bond acceptors (Lipinski definition) is 4. The standard InChI is InChI=1S/C24H24FN3O2S/c1-16-20(15-17-7-3-2-4-8-17)27-24(26-16)31-21-9-5-6-14-28(23(21)30)22(29)18-10-12-19(25)13-11-18/h2-4,7-8,10-13,21H,5-6,9,14-15H2,1H3,(H,26,27)/t21-/m1/s1. The van der Waals surface area contributed by atoms with Gasteiger partial charge in [-0.1, -0.05) is 48.5 Å². The maximum atomic E-state index is 13.2. The molecule has 3 aromatic rings. The van der Waals surface area contributed by atoms with E-state index in [-0.39, 0.29) is 17.1 Å². The van der Waals surface area contributed by atoms with Gasteiger partial charge in [0.2, 0.25) is 5.91 Å². The molecule has 1 aliphatic rings. The average molecular weight is 438 g/mol. The first kappa shape index (κ1) is 21.3. The molecular weight excluding hydrogens is 413 g/mol. The van der Waals surface area contributed by atoms with Crippen molar-refractivity contribution in [1.29, 1.82) is 0 Å². The van der Waals surface area contributed by atoms with E-state index in [0.717, 1.165) is 30.7 Å². The number of aromatic amines is 1. The number of imide groups is 1. The van der Waals surface area contributed by atoms with Crippen molar-refractivity contribution >= 4 is 23.6 Å². The maximum absolute atomic E-state index is 13.2. The molecule has 0 spiro atoms.